The summed E-state index contributed by atoms with van der Waals surface area (Å²) in [6.45, 7) is 8.56. The van der Waals surface area contributed by atoms with Crippen LogP contribution in [0.4, 0.5) is 0 Å². The van der Waals surface area contributed by atoms with E-state index in [4.69, 9.17) is 0 Å². The van der Waals surface area contributed by atoms with Crippen LogP contribution in [0, 0.1) is 58.0 Å². The Balaban J connectivity index is 0.000000118. The second-order valence-electron chi connectivity index (χ2n) is 25.5. The molecule has 0 saturated heterocycles. The van der Waals surface area contributed by atoms with Gasteiger partial charge in [-0.15, -0.1) is 118 Å². The number of aromatic nitrogens is 12. The number of hydrogen-bond acceptors (Lipinski definition) is 6. The van der Waals surface area contributed by atoms with Gasteiger partial charge in [0, 0.05) is 178 Å². The Morgan fingerprint density at radius 1 is 0.336 bits per heavy atom. The summed E-state index contributed by atoms with van der Waals surface area (Å²) in [5, 5.41) is 16.2. The molecule has 0 atom stereocenters. The van der Waals surface area contributed by atoms with Crippen molar-refractivity contribution in [3.05, 3.63) is 352 Å². The van der Waals surface area contributed by atoms with Gasteiger partial charge in [0.1, 0.15) is 0 Å². The molecule has 0 aliphatic carbocycles. The van der Waals surface area contributed by atoms with Crippen molar-refractivity contribution in [1.82, 2.24) is 56.5 Å². The van der Waals surface area contributed by atoms with Crippen LogP contribution in [0.1, 0.15) is 22.4 Å². The molecule has 12 aromatic heterocycles. The van der Waals surface area contributed by atoms with Gasteiger partial charge in [0.05, 0.1) is 50.3 Å². The molecule has 0 bridgehead atoms. The third kappa shape index (κ3) is 13.9. The van der Waals surface area contributed by atoms with E-state index in [2.05, 4.69) is 265 Å². The van der Waals surface area contributed by atoms with Crippen molar-refractivity contribution in [2.45, 2.75) is 27.7 Å². The predicted molar refractivity (Wildman–Crippen MR) is 415 cm³/mol. The van der Waals surface area contributed by atoms with Crippen LogP contribution in [0.15, 0.2) is 299 Å². The van der Waals surface area contributed by atoms with E-state index < -0.39 is 0 Å². The van der Waals surface area contributed by atoms with E-state index in [1.54, 1.807) is 0 Å². The van der Waals surface area contributed by atoms with Gasteiger partial charge < -0.3 is 26.6 Å². The van der Waals surface area contributed by atoms with Crippen molar-refractivity contribution in [3.63, 3.8) is 0 Å². The van der Waals surface area contributed by atoms with E-state index in [1.165, 1.54) is 82.1 Å². The van der Waals surface area contributed by atoms with Crippen LogP contribution in [0.25, 0.3) is 154 Å². The van der Waals surface area contributed by atoms with Gasteiger partial charge in [-0.2, -0.15) is 0 Å². The summed E-state index contributed by atoms with van der Waals surface area (Å²) in [6, 6.07) is 90.0. The van der Waals surface area contributed by atoms with E-state index in [-0.39, 0.29) is 105 Å². The fraction of sp³-hybridized carbons (Fsp3) is 0.0444. The molecule has 0 fully saturated rings. The first-order valence-electron chi connectivity index (χ1n) is 33.9. The largest absolute Gasteiger partial charge is 0.347 e. The second kappa shape index (κ2) is 32.1. The van der Waals surface area contributed by atoms with Gasteiger partial charge in [-0.05, 0) is 123 Å². The zero-order valence-electron chi connectivity index (χ0n) is 57.7. The molecule has 0 saturated carbocycles. The molecule has 0 spiro atoms. The molecule has 22 aromatic rings. The minimum absolute atomic E-state index is 0. The predicted octanol–water partition coefficient (Wildman–Crippen LogP) is 20.8. The van der Waals surface area contributed by atoms with E-state index in [9.17, 15) is 0 Å². The molecule has 0 unspecified atom stereocenters. The minimum Gasteiger partial charge on any atom is -0.347 e. The fourth-order valence-electron chi connectivity index (χ4n) is 14.8. The maximum Gasteiger partial charge on any atom is 0.0774 e. The fourth-order valence-corrected chi connectivity index (χ4v) is 14.8. The first-order valence-corrected chi connectivity index (χ1v) is 33.9. The number of rotatable bonds is 3. The van der Waals surface area contributed by atoms with Crippen LogP contribution in [0.2, 0.25) is 0 Å². The zero-order chi connectivity index (χ0) is 68.4. The zero-order valence-corrected chi connectivity index (χ0v) is 69.1. The number of hydrogen-bond donors (Lipinski definition) is 0. The third-order valence-electron chi connectivity index (χ3n) is 19.2. The van der Waals surface area contributed by atoms with Crippen molar-refractivity contribution >= 4 is 126 Å². The van der Waals surface area contributed by atoms with Gasteiger partial charge in [0.2, 0.25) is 0 Å². The summed E-state index contributed by atoms with van der Waals surface area (Å²) in [5.74, 6) is 0. The van der Waals surface area contributed by atoms with Crippen molar-refractivity contribution in [2.24, 2.45) is 0 Å². The summed E-state index contributed by atoms with van der Waals surface area (Å²) in [7, 11) is 0. The van der Waals surface area contributed by atoms with Gasteiger partial charge in [0.25, 0.3) is 0 Å². The van der Waals surface area contributed by atoms with Crippen LogP contribution >= 0.6 is 0 Å². The smallest absolute Gasteiger partial charge is 0.0774 e. The van der Waals surface area contributed by atoms with Crippen molar-refractivity contribution in [1.29, 1.82) is 0 Å². The first kappa shape index (κ1) is 75.1. The molecule has 12 heterocycles. The van der Waals surface area contributed by atoms with Crippen molar-refractivity contribution in [3.8, 4) is 27.9 Å². The summed E-state index contributed by atoms with van der Waals surface area (Å²) in [6.07, 6.45) is 27.3. The Bertz CT molecular complexity index is 6880. The molecule has 0 radical (unpaired) electrons. The Hall–Kier alpha value is -10.1. The molecule has 107 heavy (non-hydrogen) atoms. The second-order valence-corrected chi connectivity index (χ2v) is 25.5. The number of para-hydroxylation sites is 4. The van der Waals surface area contributed by atoms with E-state index in [0.29, 0.717) is 0 Å². The van der Waals surface area contributed by atoms with Crippen LogP contribution in [-0.4, -0.2) is 56.5 Å². The Labute approximate surface area is 688 Å². The molecule has 0 amide bonds. The molecule has 12 nitrogen and oxygen atoms in total. The van der Waals surface area contributed by atoms with Crippen molar-refractivity contribution in [2.75, 3.05) is 0 Å². The number of imidazole rings is 5. The van der Waals surface area contributed by atoms with Crippen molar-refractivity contribution < 1.29 is 105 Å². The molecule has 0 N–H and O–H groups in total. The van der Waals surface area contributed by atoms with Crippen LogP contribution in [-0.2, 0) is 105 Å². The molecule has 0 aliphatic heterocycles. The van der Waals surface area contributed by atoms with Gasteiger partial charge in [-0.1, -0.05) is 170 Å². The van der Waals surface area contributed by atoms with Gasteiger partial charge in [0.15, 0.2) is 0 Å². The average Bonchev–Trinajstić information content (AvgIpc) is 1.61. The Morgan fingerprint density at radius 3 is 1.50 bits per heavy atom. The number of pyridine rings is 6. The van der Waals surface area contributed by atoms with E-state index in [0.717, 1.165) is 93.9 Å². The van der Waals surface area contributed by atoms with E-state index in [1.807, 2.05) is 149 Å². The number of fused-ring (bicyclic) bond motifs is 22. The van der Waals surface area contributed by atoms with Crippen LogP contribution in [0.3, 0.4) is 0 Å². The number of benzene rings is 10. The maximum absolute atomic E-state index is 4.68. The Morgan fingerprint density at radius 2 is 0.841 bits per heavy atom. The molecular formula is C90H61N12Pt5-5. The standard InChI is InChI=1S/C23H14N3.C21H19N2.C16H10N3.2C15H9N2.5Pt/c1-3-9-20-16(6-1)17-7-2-4-10-21(17)26(20)22-11-5-8-19-18(22)12-14-25-15-13-24-23(19)25;1-13-10-14(2)20(15(3)11-13)18-6-5-7-19-17(18)8-9-23-12-16(4)22-21(19)23;1-2-13(12-4-7-17-8-5-12)14-6-10-19-11-9-18-16(19)15(14)3-1;1-2-6-12-11(5-1)9-10-17-14-8-4-3-7-13(14)16-15(12)17;1-2-4-12-11(3-1)5-6-14-13(12)7-9-17-10-8-16-15(14)17;;;;;/h1-7,9-15H;5-6,8-12H,1-4H3;1-2,4-11H;2*1-5,7-10H;;;;;/q5*-1;;;;;. The van der Waals surface area contributed by atoms with Gasteiger partial charge >= 0.3 is 0 Å². The Kier molecular flexibility index (Phi) is 22.6. The molecule has 17 heteroatoms. The SMILES string of the molecule is Cc1cc(C)c(-c2cc[c-]c3c2ccn2cc(C)nc32)c(C)c1.[Pt].[Pt].[Pt].[Pt].[Pt].[c-]1cc2ccccc2c2ccn3ccnc3c12.[c-]1ccc(-c2ccncc2)c2ccn3ccnc3c12.[c-]1ccc(-n2c3ccccc3c3ccccc32)c2ccn3ccnc3c12.[c-]1cccc2ccn3c4ccccc4nc3c12. The molecule has 22 rings (SSSR count). The minimum atomic E-state index is 0. The normalized spacial score (nSPS) is 11.0. The molecular weight excluding hydrogens is 2220 g/mol. The maximum atomic E-state index is 4.68. The molecule has 10 aromatic carbocycles. The first-order chi connectivity index (χ1) is 50.3. The topological polar surface area (TPSA) is 104 Å². The van der Waals surface area contributed by atoms with Crippen LogP contribution < -0.4 is 0 Å². The van der Waals surface area contributed by atoms with Gasteiger partial charge in [-0.25, -0.2) is 0 Å². The van der Waals surface area contributed by atoms with Crippen LogP contribution in [0.5, 0.6) is 0 Å². The summed E-state index contributed by atoms with van der Waals surface area (Å²) in [4.78, 5) is 26.7. The van der Waals surface area contributed by atoms with E-state index >= 15 is 0 Å². The molecule has 536 valence electrons. The number of nitrogens with zero attached hydrogens (tertiary/aromatic N) is 12. The third-order valence-corrected chi connectivity index (χ3v) is 19.2. The van der Waals surface area contributed by atoms with Gasteiger partial charge in [-0.3, -0.25) is 29.9 Å². The monoisotopic (exact) mass is 2280 g/mol. The average molecular weight is 2290 g/mol. The quantitative estimate of drug-likeness (QED) is 0.129. The summed E-state index contributed by atoms with van der Waals surface area (Å²) in [5.41, 5.74) is 20.4. The number of aryl methyl sites for hydroxylation is 4. The summed E-state index contributed by atoms with van der Waals surface area (Å²) >= 11 is 0. The molecule has 0 aliphatic rings. The summed E-state index contributed by atoms with van der Waals surface area (Å²) < 4.78 is 12.6.